The number of ether oxygens (including phenoxy) is 1. The van der Waals surface area contributed by atoms with Gasteiger partial charge in [-0.25, -0.2) is 0 Å². The predicted octanol–water partition coefficient (Wildman–Crippen LogP) is 6.62. The molecule has 1 aromatic rings. The van der Waals surface area contributed by atoms with E-state index in [4.69, 9.17) is 4.74 Å². The highest BCUT2D eigenvalue weighted by Gasteiger charge is 2.63. The van der Waals surface area contributed by atoms with Crippen molar-refractivity contribution < 1.29 is 14.6 Å². The van der Waals surface area contributed by atoms with Gasteiger partial charge >= 0.3 is 0 Å². The fourth-order valence-electron chi connectivity index (χ4n) is 9.78. The Balaban J connectivity index is 1.32. The summed E-state index contributed by atoms with van der Waals surface area (Å²) in [4.78, 5) is 13.6. The molecule has 0 aliphatic heterocycles. The van der Waals surface area contributed by atoms with Crippen molar-refractivity contribution in [3.8, 4) is 6.07 Å². The zero-order valence-electron chi connectivity index (χ0n) is 23.3. The number of carbonyl (C=O) groups excluding carboxylic acids is 1. The first-order valence-electron chi connectivity index (χ1n) is 14.8. The molecule has 0 saturated heterocycles. The summed E-state index contributed by atoms with van der Waals surface area (Å²) in [7, 11) is 0. The second-order valence-electron chi connectivity index (χ2n) is 13.1. The van der Waals surface area contributed by atoms with Crippen molar-refractivity contribution in [2.75, 3.05) is 18.5 Å². The highest BCUT2D eigenvalue weighted by atomic mass is 16.5. The van der Waals surface area contributed by atoms with Gasteiger partial charge in [-0.3, -0.25) is 4.79 Å². The van der Waals surface area contributed by atoms with Gasteiger partial charge in [0.2, 0.25) is 5.91 Å². The van der Waals surface area contributed by atoms with Crippen molar-refractivity contribution in [3.05, 3.63) is 29.3 Å². The molecule has 8 atom stereocenters. The van der Waals surface area contributed by atoms with Crippen LogP contribution in [0.3, 0.4) is 0 Å². The van der Waals surface area contributed by atoms with E-state index >= 15 is 0 Å². The van der Waals surface area contributed by atoms with Gasteiger partial charge in [0.25, 0.3) is 0 Å². The van der Waals surface area contributed by atoms with Crippen molar-refractivity contribution >= 4 is 11.6 Å². The summed E-state index contributed by atoms with van der Waals surface area (Å²) >= 11 is 0. The van der Waals surface area contributed by atoms with Gasteiger partial charge < -0.3 is 15.2 Å². The molecule has 0 bridgehead atoms. The largest absolute Gasteiger partial charge is 0.387 e. The molecule has 0 spiro atoms. The van der Waals surface area contributed by atoms with Crippen LogP contribution in [0.2, 0.25) is 0 Å². The highest BCUT2D eigenvalue weighted by molar-refractivity contribution is 5.94. The molecule has 0 heterocycles. The van der Waals surface area contributed by atoms with Crippen LogP contribution in [0.15, 0.2) is 18.2 Å². The Bertz CT molecular complexity index is 1060. The molecule has 2 N–H and O–H groups in total. The average molecular weight is 507 g/mol. The number of benzene rings is 1. The van der Waals surface area contributed by atoms with Gasteiger partial charge in [0, 0.05) is 18.2 Å². The Morgan fingerprint density at radius 3 is 2.65 bits per heavy atom. The van der Waals surface area contributed by atoms with E-state index in [-0.39, 0.29) is 17.2 Å². The quantitative estimate of drug-likeness (QED) is 0.454. The lowest BCUT2D eigenvalue weighted by atomic mass is 9.42. The summed E-state index contributed by atoms with van der Waals surface area (Å²) in [6.07, 6.45) is 11.0. The number of carbonyl (C=O) groups is 1. The second kappa shape index (κ2) is 10.0. The molecule has 0 radical (unpaired) electrons. The number of aliphatic hydroxyl groups is 1. The van der Waals surface area contributed by atoms with Crippen LogP contribution in [0.1, 0.15) is 96.1 Å². The fraction of sp³-hybridized carbons (Fsp3) is 0.750. The van der Waals surface area contributed by atoms with Crippen LogP contribution in [-0.2, 0) is 9.53 Å². The zero-order chi connectivity index (χ0) is 26.4. The average Bonchev–Trinajstić information content (AvgIpc) is 3.25. The number of fused-ring (bicyclic) bond motifs is 5. The summed E-state index contributed by atoms with van der Waals surface area (Å²) in [5.74, 6) is 2.82. The van der Waals surface area contributed by atoms with E-state index < -0.39 is 5.60 Å². The van der Waals surface area contributed by atoms with Crippen LogP contribution < -0.4 is 5.32 Å². The number of nitrogens with zero attached hydrogens (tertiary/aromatic N) is 1. The first-order chi connectivity index (χ1) is 17.7. The number of rotatable bonds is 6. The topological polar surface area (TPSA) is 82.3 Å². The molecule has 4 saturated carbocycles. The summed E-state index contributed by atoms with van der Waals surface area (Å²) < 4.78 is 5.69. The Kier molecular flexibility index (Phi) is 7.22. The molecule has 202 valence electrons. The van der Waals surface area contributed by atoms with Gasteiger partial charge in [-0.05, 0) is 136 Å². The van der Waals surface area contributed by atoms with Crippen molar-refractivity contribution in [1.29, 1.82) is 5.26 Å². The van der Waals surface area contributed by atoms with E-state index in [0.29, 0.717) is 47.9 Å². The number of anilines is 1. The summed E-state index contributed by atoms with van der Waals surface area (Å²) in [5.41, 5.74) is 2.13. The van der Waals surface area contributed by atoms with Gasteiger partial charge in [-0.1, -0.05) is 13.8 Å². The Hall–Kier alpha value is -1.90. The minimum atomic E-state index is -0.657. The third-order valence-electron chi connectivity index (χ3n) is 11.7. The van der Waals surface area contributed by atoms with Crippen molar-refractivity contribution in [2.24, 2.45) is 40.4 Å². The zero-order valence-corrected chi connectivity index (χ0v) is 23.3. The van der Waals surface area contributed by atoms with E-state index in [1.165, 1.54) is 25.7 Å². The maximum Gasteiger partial charge on any atom is 0.228 e. The van der Waals surface area contributed by atoms with E-state index in [1.807, 2.05) is 26.0 Å². The molecule has 4 fully saturated rings. The molecule has 5 heteroatoms. The number of hydrogen-bond acceptors (Lipinski definition) is 4. The summed E-state index contributed by atoms with van der Waals surface area (Å²) in [6, 6.07) is 7.69. The smallest absolute Gasteiger partial charge is 0.228 e. The maximum absolute atomic E-state index is 13.6. The molecule has 4 aliphatic carbocycles. The van der Waals surface area contributed by atoms with Crippen LogP contribution in [0, 0.1) is 58.7 Å². The lowest BCUT2D eigenvalue weighted by molar-refractivity contribution is -0.173. The van der Waals surface area contributed by atoms with Gasteiger partial charge in [-0.15, -0.1) is 0 Å². The number of nitrogens with one attached hydrogen (secondary N) is 1. The van der Waals surface area contributed by atoms with Crippen molar-refractivity contribution in [1.82, 2.24) is 0 Å². The highest BCUT2D eigenvalue weighted by Crippen LogP contribution is 2.69. The number of aryl methyl sites for hydroxylation is 1. The minimum absolute atomic E-state index is 0.0476. The van der Waals surface area contributed by atoms with Crippen LogP contribution in [0.5, 0.6) is 0 Å². The monoisotopic (exact) mass is 506 g/mol. The summed E-state index contributed by atoms with van der Waals surface area (Å²) in [5, 5.41) is 23.7. The standard InChI is InChI=1S/C32H46N2O3/c1-5-32-16-15-31(36,20-37-6-2)18-23(32)8-9-24-25-10-11-27(30(25,4)14-13-26(24)32)29(35)34-28-12-7-22(19-33)17-21(28)3/h7,12,17,23-27,36H,5-6,8-11,13-16,18,20H2,1-4H3,(H,34,35)/t23-,24+,25+,26+,27-,30+,31-,32+/m1/s1. The number of amides is 1. The molecule has 1 amide bonds. The molecule has 5 nitrogen and oxygen atoms in total. The van der Waals surface area contributed by atoms with Gasteiger partial charge in [-0.2, -0.15) is 5.26 Å². The first-order valence-corrected chi connectivity index (χ1v) is 14.8. The minimum Gasteiger partial charge on any atom is -0.387 e. The molecule has 0 unspecified atom stereocenters. The maximum atomic E-state index is 13.6. The van der Waals surface area contributed by atoms with Gasteiger partial charge in [0.1, 0.15) is 0 Å². The van der Waals surface area contributed by atoms with E-state index in [1.54, 1.807) is 6.07 Å². The lowest BCUT2D eigenvalue weighted by Crippen LogP contribution is -2.58. The number of hydrogen-bond donors (Lipinski definition) is 2. The molecule has 4 aliphatic rings. The lowest BCUT2D eigenvalue weighted by Gasteiger charge is -2.63. The van der Waals surface area contributed by atoms with Crippen molar-refractivity contribution in [2.45, 2.75) is 97.5 Å². The van der Waals surface area contributed by atoms with E-state index in [9.17, 15) is 15.2 Å². The normalized spacial score (nSPS) is 40.7. The Morgan fingerprint density at radius 2 is 1.95 bits per heavy atom. The SMILES string of the molecule is CCOC[C@@]1(O)CC[C@@]2(CC)[C@H](CC[C@H]3[C@@H]4CC[C@H](C(=O)Nc5ccc(C#N)cc5C)[C@@]4(C)CC[C@@H]32)C1. The molecule has 0 aromatic heterocycles. The Morgan fingerprint density at radius 1 is 1.14 bits per heavy atom. The van der Waals surface area contributed by atoms with Gasteiger partial charge in [0.15, 0.2) is 0 Å². The van der Waals surface area contributed by atoms with E-state index in [2.05, 4.69) is 25.2 Å². The summed E-state index contributed by atoms with van der Waals surface area (Å²) in [6.45, 7) is 9.90. The molecule has 1 aromatic carbocycles. The predicted molar refractivity (Wildman–Crippen MR) is 146 cm³/mol. The fourth-order valence-corrected chi connectivity index (χ4v) is 9.78. The van der Waals surface area contributed by atoms with Crippen LogP contribution >= 0.6 is 0 Å². The van der Waals surface area contributed by atoms with Gasteiger partial charge in [0.05, 0.1) is 23.8 Å². The van der Waals surface area contributed by atoms with E-state index in [0.717, 1.165) is 49.8 Å². The molecular weight excluding hydrogens is 460 g/mol. The molecule has 5 rings (SSSR count). The first kappa shape index (κ1) is 26.7. The third-order valence-corrected chi connectivity index (χ3v) is 11.7. The Labute approximate surface area is 223 Å². The number of nitriles is 1. The van der Waals surface area contributed by atoms with Crippen molar-refractivity contribution in [3.63, 3.8) is 0 Å². The molecular formula is C32H46N2O3. The third kappa shape index (κ3) is 4.43. The van der Waals surface area contributed by atoms with Crippen LogP contribution in [-0.4, -0.2) is 29.8 Å². The van der Waals surface area contributed by atoms with Crippen LogP contribution in [0.4, 0.5) is 5.69 Å². The molecule has 37 heavy (non-hydrogen) atoms. The van der Waals surface area contributed by atoms with Crippen LogP contribution in [0.25, 0.3) is 0 Å². The second-order valence-corrected chi connectivity index (χ2v) is 13.1.